The largest absolute Gasteiger partial charge is 0.481 e. The van der Waals surface area contributed by atoms with Gasteiger partial charge in [-0.25, -0.2) is 0 Å². The maximum atomic E-state index is 11.8. The van der Waals surface area contributed by atoms with Gasteiger partial charge in [0.05, 0.1) is 5.41 Å². The Balaban J connectivity index is 4.17. The first-order chi connectivity index (χ1) is 8.67. The summed E-state index contributed by atoms with van der Waals surface area (Å²) in [5.74, 6) is -1.81. The number of aliphatic carboxylic acids is 1. The molecule has 0 aromatic heterocycles. The van der Waals surface area contributed by atoms with Gasteiger partial charge in [0, 0.05) is 6.54 Å². The summed E-state index contributed by atoms with van der Waals surface area (Å²) in [4.78, 5) is 22.3. The summed E-state index contributed by atoms with van der Waals surface area (Å²) >= 11 is 0. The zero-order valence-electron chi connectivity index (χ0n) is 10.8. The number of alkyl halides is 3. The van der Waals surface area contributed by atoms with Crippen molar-refractivity contribution in [2.24, 2.45) is 5.41 Å². The van der Waals surface area contributed by atoms with E-state index in [4.69, 9.17) is 5.11 Å². The van der Waals surface area contributed by atoms with Crippen molar-refractivity contribution in [2.75, 3.05) is 19.8 Å². The van der Waals surface area contributed by atoms with Crippen molar-refractivity contribution >= 4 is 11.9 Å². The molecule has 0 aliphatic carbocycles. The van der Waals surface area contributed by atoms with Crippen molar-refractivity contribution < 1.29 is 32.6 Å². The Hall–Kier alpha value is -1.31. The van der Waals surface area contributed by atoms with Crippen LogP contribution in [0.1, 0.15) is 26.7 Å². The van der Waals surface area contributed by atoms with Gasteiger partial charge in [-0.1, -0.05) is 13.8 Å². The fourth-order valence-electron chi connectivity index (χ4n) is 1.46. The highest BCUT2D eigenvalue weighted by Crippen LogP contribution is 2.25. The highest BCUT2D eigenvalue weighted by Gasteiger charge is 2.35. The van der Waals surface area contributed by atoms with Gasteiger partial charge in [0.1, 0.15) is 13.2 Å². The lowest BCUT2D eigenvalue weighted by Gasteiger charge is -2.26. The predicted molar refractivity (Wildman–Crippen MR) is 60.5 cm³/mol. The van der Waals surface area contributed by atoms with E-state index in [1.54, 1.807) is 13.8 Å². The molecule has 0 aliphatic heterocycles. The molecule has 0 heterocycles. The van der Waals surface area contributed by atoms with E-state index in [1.165, 1.54) is 0 Å². The number of hydrogen-bond donors (Lipinski definition) is 2. The van der Waals surface area contributed by atoms with Crippen LogP contribution < -0.4 is 5.32 Å². The van der Waals surface area contributed by atoms with E-state index in [1.807, 2.05) is 0 Å². The maximum Gasteiger partial charge on any atom is 0.411 e. The maximum absolute atomic E-state index is 11.8. The van der Waals surface area contributed by atoms with Gasteiger partial charge < -0.3 is 15.2 Å². The van der Waals surface area contributed by atoms with Crippen molar-refractivity contribution in [3.05, 3.63) is 0 Å². The number of amides is 1. The zero-order chi connectivity index (χ0) is 15.1. The van der Waals surface area contributed by atoms with Gasteiger partial charge in [-0.3, -0.25) is 9.59 Å². The lowest BCUT2D eigenvalue weighted by Crippen LogP contribution is -2.43. The molecule has 1 amide bonds. The molecule has 0 saturated heterocycles. The van der Waals surface area contributed by atoms with Crippen LogP contribution in [0.3, 0.4) is 0 Å². The van der Waals surface area contributed by atoms with Crippen molar-refractivity contribution in [1.82, 2.24) is 5.32 Å². The summed E-state index contributed by atoms with van der Waals surface area (Å²) in [6.45, 7) is 0.950. The molecule has 19 heavy (non-hydrogen) atoms. The van der Waals surface area contributed by atoms with Gasteiger partial charge in [-0.2, -0.15) is 13.2 Å². The third kappa shape index (κ3) is 6.42. The van der Waals surface area contributed by atoms with E-state index in [-0.39, 0.29) is 6.54 Å². The Morgan fingerprint density at radius 1 is 1.21 bits per heavy atom. The number of carboxylic acids is 1. The second-order valence-electron chi connectivity index (χ2n) is 4.18. The summed E-state index contributed by atoms with van der Waals surface area (Å²) in [6, 6.07) is 0. The lowest BCUT2D eigenvalue weighted by atomic mass is 9.82. The van der Waals surface area contributed by atoms with Crippen LogP contribution in [0.4, 0.5) is 13.2 Å². The second kappa shape index (κ2) is 7.32. The van der Waals surface area contributed by atoms with Crippen molar-refractivity contribution in [1.29, 1.82) is 0 Å². The first kappa shape index (κ1) is 17.7. The van der Waals surface area contributed by atoms with Crippen LogP contribution in [0.25, 0.3) is 0 Å². The topological polar surface area (TPSA) is 75.6 Å². The summed E-state index contributed by atoms with van der Waals surface area (Å²) in [6.07, 6.45) is -3.87. The summed E-state index contributed by atoms with van der Waals surface area (Å²) in [7, 11) is 0. The fraction of sp³-hybridized carbons (Fsp3) is 0.818. The van der Waals surface area contributed by atoms with Crippen LogP contribution >= 0.6 is 0 Å². The number of halogens is 3. The molecule has 0 saturated carbocycles. The molecule has 0 atom stereocenters. The summed E-state index contributed by atoms with van der Waals surface area (Å²) < 4.78 is 39.5. The molecule has 8 heteroatoms. The minimum atomic E-state index is -4.49. The van der Waals surface area contributed by atoms with E-state index in [0.29, 0.717) is 12.8 Å². The molecule has 2 N–H and O–H groups in total. The Labute approximate surface area is 109 Å². The van der Waals surface area contributed by atoms with Gasteiger partial charge in [0.25, 0.3) is 0 Å². The van der Waals surface area contributed by atoms with Gasteiger partial charge in [0.15, 0.2) is 0 Å². The molecule has 5 nitrogen and oxygen atoms in total. The fourth-order valence-corrected chi connectivity index (χ4v) is 1.46. The zero-order valence-corrected chi connectivity index (χ0v) is 10.8. The van der Waals surface area contributed by atoms with Crippen LogP contribution in [0.2, 0.25) is 0 Å². The average Bonchev–Trinajstić information content (AvgIpc) is 2.29. The molecule has 0 unspecified atom stereocenters. The summed E-state index contributed by atoms with van der Waals surface area (Å²) in [5.41, 5.74) is -1.10. The monoisotopic (exact) mass is 285 g/mol. The average molecular weight is 285 g/mol. The number of carboxylic acid groups (broad SMARTS) is 1. The third-order valence-corrected chi connectivity index (χ3v) is 2.93. The van der Waals surface area contributed by atoms with Crippen LogP contribution in [0, 0.1) is 5.41 Å². The highest BCUT2D eigenvalue weighted by atomic mass is 19.4. The van der Waals surface area contributed by atoms with E-state index in [0.717, 1.165) is 0 Å². The standard InChI is InChI=1S/C11H18F3NO4/c1-3-10(4-2,9(17)18)6-15-8(16)5-19-7-11(12,13)14/h3-7H2,1-2H3,(H,15,16)(H,17,18). The summed E-state index contributed by atoms with van der Waals surface area (Å²) in [5, 5.41) is 11.4. The smallest absolute Gasteiger partial charge is 0.411 e. The van der Waals surface area contributed by atoms with E-state index < -0.39 is 36.7 Å². The minimum Gasteiger partial charge on any atom is -0.481 e. The van der Waals surface area contributed by atoms with Crippen molar-refractivity contribution in [3.63, 3.8) is 0 Å². The molecule has 112 valence electrons. The predicted octanol–water partition coefficient (Wildman–Crippen LogP) is 1.57. The molecule has 0 fully saturated rings. The van der Waals surface area contributed by atoms with E-state index in [9.17, 15) is 22.8 Å². The molecule has 0 aromatic carbocycles. The third-order valence-electron chi connectivity index (χ3n) is 2.93. The molecule has 0 spiro atoms. The second-order valence-corrected chi connectivity index (χ2v) is 4.18. The van der Waals surface area contributed by atoms with Crippen molar-refractivity contribution in [2.45, 2.75) is 32.9 Å². The Morgan fingerprint density at radius 2 is 1.74 bits per heavy atom. The van der Waals surface area contributed by atoms with Crippen LogP contribution in [-0.2, 0) is 14.3 Å². The number of nitrogens with one attached hydrogen (secondary N) is 1. The van der Waals surface area contributed by atoms with Crippen LogP contribution in [0.15, 0.2) is 0 Å². The quantitative estimate of drug-likeness (QED) is 0.710. The Morgan fingerprint density at radius 3 is 2.11 bits per heavy atom. The van der Waals surface area contributed by atoms with Gasteiger partial charge in [-0.15, -0.1) is 0 Å². The van der Waals surface area contributed by atoms with E-state index >= 15 is 0 Å². The van der Waals surface area contributed by atoms with E-state index in [2.05, 4.69) is 10.1 Å². The number of ether oxygens (including phenoxy) is 1. The SMILES string of the molecule is CCC(CC)(CNC(=O)COCC(F)(F)F)C(=O)O. The first-order valence-electron chi connectivity index (χ1n) is 5.81. The molecule has 0 aliphatic rings. The molecule has 0 rings (SSSR count). The number of rotatable bonds is 8. The molecule has 0 aromatic rings. The molecule has 0 bridgehead atoms. The number of hydrogen-bond acceptors (Lipinski definition) is 3. The van der Waals surface area contributed by atoms with Crippen LogP contribution in [-0.4, -0.2) is 42.9 Å². The minimum absolute atomic E-state index is 0.135. The number of carbonyl (C=O) groups is 2. The van der Waals surface area contributed by atoms with Crippen LogP contribution in [0.5, 0.6) is 0 Å². The Bertz CT molecular complexity index is 314. The van der Waals surface area contributed by atoms with Gasteiger partial charge in [-0.05, 0) is 12.8 Å². The number of carbonyl (C=O) groups excluding carboxylic acids is 1. The highest BCUT2D eigenvalue weighted by molar-refractivity contribution is 5.79. The first-order valence-corrected chi connectivity index (χ1v) is 5.81. The molecule has 0 radical (unpaired) electrons. The normalized spacial score (nSPS) is 12.3. The van der Waals surface area contributed by atoms with Gasteiger partial charge >= 0.3 is 12.1 Å². The Kier molecular flexibility index (Phi) is 6.82. The molecular weight excluding hydrogens is 267 g/mol. The van der Waals surface area contributed by atoms with Gasteiger partial charge in [0.2, 0.25) is 5.91 Å². The molecular formula is C11H18F3NO4. The lowest BCUT2D eigenvalue weighted by molar-refractivity contribution is -0.175. The van der Waals surface area contributed by atoms with Crippen molar-refractivity contribution in [3.8, 4) is 0 Å².